The highest BCUT2D eigenvalue weighted by Crippen LogP contribution is 2.12. The molecule has 0 saturated carbocycles. The lowest BCUT2D eigenvalue weighted by Gasteiger charge is -2.18. The van der Waals surface area contributed by atoms with Gasteiger partial charge in [0.05, 0.1) is 17.8 Å². The maximum Gasteiger partial charge on any atom is 0.0707 e. The molecule has 1 saturated heterocycles. The lowest BCUT2D eigenvalue weighted by Crippen LogP contribution is -2.33. The number of hydrogen-bond acceptors (Lipinski definition) is 3. The Labute approximate surface area is 116 Å². The fourth-order valence-corrected chi connectivity index (χ4v) is 2.22. The van der Waals surface area contributed by atoms with Crippen LogP contribution in [0.25, 0.3) is 0 Å². The lowest BCUT2D eigenvalue weighted by molar-refractivity contribution is 0.504. The predicted molar refractivity (Wildman–Crippen MR) is 78.7 cm³/mol. The molecule has 0 spiro atoms. The molecule has 0 aliphatic carbocycles. The molecule has 0 bridgehead atoms. The highest BCUT2D eigenvalue weighted by atomic mass is 15.0. The SMILES string of the molecule is CCCCC#CC1CCNCC(c2ccccn2)N1. The highest BCUT2D eigenvalue weighted by Gasteiger charge is 2.19. The molecule has 0 amide bonds. The molecule has 2 unspecified atom stereocenters. The molecule has 2 atom stereocenters. The van der Waals surface area contributed by atoms with Gasteiger partial charge >= 0.3 is 0 Å². The molecule has 3 nitrogen and oxygen atoms in total. The van der Waals surface area contributed by atoms with Crippen LogP contribution in [0.4, 0.5) is 0 Å². The van der Waals surface area contributed by atoms with E-state index < -0.39 is 0 Å². The molecule has 19 heavy (non-hydrogen) atoms. The van der Waals surface area contributed by atoms with Crippen molar-refractivity contribution >= 4 is 0 Å². The van der Waals surface area contributed by atoms with Crippen LogP contribution in [-0.4, -0.2) is 24.1 Å². The van der Waals surface area contributed by atoms with Crippen LogP contribution < -0.4 is 10.6 Å². The summed E-state index contributed by atoms with van der Waals surface area (Å²) in [6.45, 7) is 4.14. The van der Waals surface area contributed by atoms with E-state index in [1.807, 2.05) is 18.3 Å². The Morgan fingerprint density at radius 1 is 1.42 bits per heavy atom. The van der Waals surface area contributed by atoms with Crippen molar-refractivity contribution in [2.24, 2.45) is 0 Å². The monoisotopic (exact) mass is 257 g/mol. The maximum absolute atomic E-state index is 4.44. The van der Waals surface area contributed by atoms with Gasteiger partial charge in [0.2, 0.25) is 0 Å². The quantitative estimate of drug-likeness (QED) is 0.644. The molecule has 102 valence electrons. The van der Waals surface area contributed by atoms with Crippen molar-refractivity contribution in [2.45, 2.75) is 44.7 Å². The second kappa shape index (κ2) is 7.93. The summed E-state index contributed by atoms with van der Waals surface area (Å²) in [5.41, 5.74) is 1.09. The second-order valence-corrected chi connectivity index (χ2v) is 4.94. The number of aromatic nitrogens is 1. The van der Waals surface area contributed by atoms with E-state index in [0.717, 1.165) is 31.6 Å². The Kier molecular flexibility index (Phi) is 5.87. The van der Waals surface area contributed by atoms with Crippen molar-refractivity contribution in [3.8, 4) is 11.8 Å². The van der Waals surface area contributed by atoms with Crippen molar-refractivity contribution in [3.05, 3.63) is 30.1 Å². The van der Waals surface area contributed by atoms with Crippen LogP contribution in [-0.2, 0) is 0 Å². The van der Waals surface area contributed by atoms with Crippen LogP contribution in [0.2, 0.25) is 0 Å². The third-order valence-electron chi connectivity index (χ3n) is 3.34. The standard InChI is InChI=1S/C16H23N3/c1-2-3-4-5-8-14-10-12-17-13-16(19-14)15-9-6-7-11-18-15/h6-7,9,11,14,16-17,19H,2-4,10,12-13H2,1H3. The van der Waals surface area contributed by atoms with Gasteiger partial charge in [-0.2, -0.15) is 0 Å². The first-order valence-corrected chi connectivity index (χ1v) is 7.26. The number of nitrogens with one attached hydrogen (secondary N) is 2. The summed E-state index contributed by atoms with van der Waals surface area (Å²) in [6.07, 6.45) is 6.33. The third kappa shape index (κ3) is 4.66. The predicted octanol–water partition coefficient (Wildman–Crippen LogP) is 2.27. The van der Waals surface area contributed by atoms with Crippen LogP contribution in [0.3, 0.4) is 0 Å². The van der Waals surface area contributed by atoms with E-state index in [9.17, 15) is 0 Å². The second-order valence-electron chi connectivity index (χ2n) is 4.94. The van der Waals surface area contributed by atoms with Gasteiger partial charge in [0.15, 0.2) is 0 Å². The van der Waals surface area contributed by atoms with Crippen LogP contribution in [0.15, 0.2) is 24.4 Å². The zero-order valence-electron chi connectivity index (χ0n) is 11.7. The van der Waals surface area contributed by atoms with E-state index >= 15 is 0 Å². The number of pyridine rings is 1. The van der Waals surface area contributed by atoms with Crippen molar-refractivity contribution in [1.82, 2.24) is 15.6 Å². The Morgan fingerprint density at radius 2 is 2.37 bits per heavy atom. The molecule has 0 aromatic carbocycles. The van der Waals surface area contributed by atoms with Gasteiger partial charge in [-0.3, -0.25) is 10.3 Å². The average Bonchev–Trinajstić information content (AvgIpc) is 2.70. The first-order valence-electron chi connectivity index (χ1n) is 7.26. The lowest BCUT2D eigenvalue weighted by atomic mass is 10.1. The molecule has 3 heteroatoms. The van der Waals surface area contributed by atoms with Crippen molar-refractivity contribution in [2.75, 3.05) is 13.1 Å². The topological polar surface area (TPSA) is 37.0 Å². The van der Waals surface area contributed by atoms with Gasteiger partial charge in [0.1, 0.15) is 0 Å². The van der Waals surface area contributed by atoms with Crippen LogP contribution in [0.1, 0.15) is 44.3 Å². The van der Waals surface area contributed by atoms with Gasteiger partial charge in [-0.1, -0.05) is 25.3 Å². The summed E-state index contributed by atoms with van der Waals surface area (Å²) < 4.78 is 0. The average molecular weight is 257 g/mol. The maximum atomic E-state index is 4.44. The van der Waals surface area contributed by atoms with E-state index in [0.29, 0.717) is 0 Å². The molecule has 2 heterocycles. The molecule has 2 rings (SSSR count). The van der Waals surface area contributed by atoms with Gasteiger partial charge in [0, 0.05) is 19.2 Å². The first-order chi connectivity index (χ1) is 9.40. The Bertz CT molecular complexity index is 419. The smallest absolute Gasteiger partial charge is 0.0707 e. The summed E-state index contributed by atoms with van der Waals surface area (Å²) in [7, 11) is 0. The first kappa shape index (κ1) is 14.0. The molecule has 1 aromatic heterocycles. The van der Waals surface area contributed by atoms with Crippen LogP contribution in [0.5, 0.6) is 0 Å². The summed E-state index contributed by atoms with van der Waals surface area (Å²) in [6, 6.07) is 6.60. The van der Waals surface area contributed by atoms with E-state index in [2.05, 4.69) is 40.4 Å². The molecule has 1 fully saturated rings. The van der Waals surface area contributed by atoms with Gasteiger partial charge < -0.3 is 5.32 Å². The molecule has 1 aliphatic heterocycles. The van der Waals surface area contributed by atoms with Gasteiger partial charge in [-0.25, -0.2) is 0 Å². The molecule has 0 radical (unpaired) electrons. The summed E-state index contributed by atoms with van der Waals surface area (Å²) in [4.78, 5) is 4.44. The third-order valence-corrected chi connectivity index (χ3v) is 3.34. The molecule has 1 aromatic rings. The number of unbranched alkanes of at least 4 members (excludes halogenated alkanes) is 2. The normalized spacial score (nSPS) is 23.2. The molecule has 1 aliphatic rings. The number of nitrogens with zero attached hydrogens (tertiary/aromatic N) is 1. The summed E-state index contributed by atoms with van der Waals surface area (Å²) in [5.74, 6) is 6.66. The molecular formula is C16H23N3. The largest absolute Gasteiger partial charge is 0.315 e. The summed E-state index contributed by atoms with van der Waals surface area (Å²) in [5, 5.41) is 7.07. The van der Waals surface area contributed by atoms with E-state index in [1.54, 1.807) is 0 Å². The Morgan fingerprint density at radius 3 is 3.16 bits per heavy atom. The zero-order chi connectivity index (χ0) is 13.3. The minimum absolute atomic E-state index is 0.258. The number of hydrogen-bond donors (Lipinski definition) is 2. The molecule has 2 N–H and O–H groups in total. The van der Waals surface area contributed by atoms with Crippen molar-refractivity contribution in [1.29, 1.82) is 0 Å². The van der Waals surface area contributed by atoms with E-state index in [1.165, 1.54) is 12.8 Å². The van der Waals surface area contributed by atoms with Gasteiger partial charge in [0.25, 0.3) is 0 Å². The van der Waals surface area contributed by atoms with Gasteiger partial charge in [-0.05, 0) is 31.5 Å². The minimum atomic E-state index is 0.258. The fraction of sp³-hybridized carbons (Fsp3) is 0.562. The van der Waals surface area contributed by atoms with Crippen LogP contribution >= 0.6 is 0 Å². The van der Waals surface area contributed by atoms with Gasteiger partial charge in [-0.15, -0.1) is 5.92 Å². The van der Waals surface area contributed by atoms with E-state index in [-0.39, 0.29) is 12.1 Å². The van der Waals surface area contributed by atoms with Crippen LogP contribution in [0, 0.1) is 11.8 Å². The summed E-state index contributed by atoms with van der Waals surface area (Å²) >= 11 is 0. The number of rotatable bonds is 3. The Balaban J connectivity index is 1.96. The minimum Gasteiger partial charge on any atom is -0.315 e. The van der Waals surface area contributed by atoms with E-state index in [4.69, 9.17) is 0 Å². The Hall–Kier alpha value is -1.37. The molecular weight excluding hydrogens is 234 g/mol. The van der Waals surface area contributed by atoms with Crippen molar-refractivity contribution < 1.29 is 0 Å². The fourth-order valence-electron chi connectivity index (χ4n) is 2.22. The highest BCUT2D eigenvalue weighted by molar-refractivity contribution is 5.14. The van der Waals surface area contributed by atoms with Crippen molar-refractivity contribution in [3.63, 3.8) is 0 Å². The zero-order valence-corrected chi connectivity index (χ0v) is 11.7.